The van der Waals surface area contributed by atoms with Gasteiger partial charge in [-0.05, 0) is 30.7 Å². The Morgan fingerprint density at radius 2 is 1.87 bits per heavy atom. The monoisotopic (exact) mass is 418 g/mol. The summed E-state index contributed by atoms with van der Waals surface area (Å²) in [5.74, 6) is -2.71. The molecule has 164 valence electrons. The number of hydrogen-bond acceptors (Lipinski definition) is 5. The number of nitrogens with one attached hydrogen (secondary N) is 2. The zero-order valence-corrected chi connectivity index (χ0v) is 17.3. The maximum Gasteiger partial charge on any atom is 0.326 e. The second-order valence-corrected chi connectivity index (χ2v) is 7.83. The summed E-state index contributed by atoms with van der Waals surface area (Å²) in [6.07, 6.45) is 1.35. The maximum absolute atomic E-state index is 12.8. The van der Waals surface area contributed by atoms with E-state index >= 15 is 0 Å². The van der Waals surface area contributed by atoms with Crippen molar-refractivity contribution >= 4 is 23.7 Å². The molecule has 1 aliphatic rings. The Kier molecular flexibility index (Phi) is 8.35. The smallest absolute Gasteiger partial charge is 0.326 e. The van der Waals surface area contributed by atoms with Crippen molar-refractivity contribution in [3.05, 3.63) is 35.9 Å². The fraction of sp³-hybridized carbons (Fsp3) is 0.524. The van der Waals surface area contributed by atoms with Crippen LogP contribution in [0.4, 0.5) is 0 Å². The number of carboxylic acid groups (broad SMARTS) is 1. The van der Waals surface area contributed by atoms with Crippen LogP contribution in [0.25, 0.3) is 0 Å². The van der Waals surface area contributed by atoms with Crippen molar-refractivity contribution in [1.82, 2.24) is 15.5 Å². The second kappa shape index (κ2) is 10.7. The van der Waals surface area contributed by atoms with Crippen molar-refractivity contribution < 1.29 is 24.3 Å². The Labute approximate surface area is 176 Å². The van der Waals surface area contributed by atoms with Crippen LogP contribution in [0.3, 0.4) is 0 Å². The van der Waals surface area contributed by atoms with Gasteiger partial charge in [-0.2, -0.15) is 0 Å². The highest BCUT2D eigenvalue weighted by atomic mass is 16.4. The Hall–Kier alpha value is -2.94. The predicted molar refractivity (Wildman–Crippen MR) is 110 cm³/mol. The molecule has 0 aliphatic carbocycles. The molecule has 0 aromatic heterocycles. The average molecular weight is 418 g/mol. The molecule has 0 saturated carbocycles. The van der Waals surface area contributed by atoms with Crippen LogP contribution in [0.2, 0.25) is 0 Å². The zero-order valence-electron chi connectivity index (χ0n) is 17.3. The Bertz CT molecular complexity index is 768. The molecule has 0 bridgehead atoms. The first-order valence-corrected chi connectivity index (χ1v) is 10.1. The predicted octanol–water partition coefficient (Wildman–Crippen LogP) is -0.111. The van der Waals surface area contributed by atoms with E-state index in [1.54, 1.807) is 13.8 Å². The second-order valence-electron chi connectivity index (χ2n) is 7.83. The van der Waals surface area contributed by atoms with Crippen molar-refractivity contribution in [1.29, 1.82) is 0 Å². The van der Waals surface area contributed by atoms with Gasteiger partial charge >= 0.3 is 5.97 Å². The van der Waals surface area contributed by atoms with Gasteiger partial charge in [0.15, 0.2) is 0 Å². The normalized spacial score (nSPS) is 18.0. The molecule has 0 radical (unpaired) electrons. The van der Waals surface area contributed by atoms with E-state index in [4.69, 9.17) is 5.73 Å². The first-order valence-electron chi connectivity index (χ1n) is 10.1. The van der Waals surface area contributed by atoms with E-state index < -0.39 is 41.8 Å². The van der Waals surface area contributed by atoms with E-state index in [-0.39, 0.29) is 12.5 Å². The maximum atomic E-state index is 12.8. The third kappa shape index (κ3) is 6.28. The molecule has 3 unspecified atom stereocenters. The highest BCUT2D eigenvalue weighted by Gasteiger charge is 2.38. The van der Waals surface area contributed by atoms with Gasteiger partial charge in [-0.1, -0.05) is 44.2 Å². The van der Waals surface area contributed by atoms with E-state index in [0.29, 0.717) is 25.8 Å². The minimum Gasteiger partial charge on any atom is -0.480 e. The number of amides is 3. The third-order valence-electron chi connectivity index (χ3n) is 5.13. The molecule has 1 saturated heterocycles. The van der Waals surface area contributed by atoms with Gasteiger partial charge in [0, 0.05) is 6.54 Å². The van der Waals surface area contributed by atoms with Gasteiger partial charge < -0.3 is 26.4 Å². The molecule has 5 N–H and O–H groups in total. The van der Waals surface area contributed by atoms with Gasteiger partial charge in [-0.15, -0.1) is 0 Å². The van der Waals surface area contributed by atoms with Crippen molar-refractivity contribution in [2.45, 2.75) is 51.2 Å². The van der Waals surface area contributed by atoms with Gasteiger partial charge in [-0.3, -0.25) is 14.4 Å². The third-order valence-corrected chi connectivity index (χ3v) is 5.13. The molecule has 3 amide bonds. The molecule has 2 rings (SSSR count). The van der Waals surface area contributed by atoms with E-state index in [2.05, 4.69) is 10.6 Å². The zero-order chi connectivity index (χ0) is 22.3. The van der Waals surface area contributed by atoms with E-state index in [0.717, 1.165) is 5.56 Å². The largest absolute Gasteiger partial charge is 0.480 e. The molecule has 1 aromatic carbocycles. The van der Waals surface area contributed by atoms with Crippen molar-refractivity contribution in [3.63, 3.8) is 0 Å². The number of nitrogens with two attached hydrogens (primary N) is 1. The van der Waals surface area contributed by atoms with Crippen LogP contribution >= 0.6 is 0 Å². The van der Waals surface area contributed by atoms with Crippen LogP contribution in [0.15, 0.2) is 30.3 Å². The lowest BCUT2D eigenvalue weighted by atomic mass is 10.0. The molecule has 3 atom stereocenters. The summed E-state index contributed by atoms with van der Waals surface area (Å²) in [5.41, 5.74) is 6.81. The van der Waals surface area contributed by atoms with E-state index in [1.807, 2.05) is 30.3 Å². The minimum atomic E-state index is -1.05. The summed E-state index contributed by atoms with van der Waals surface area (Å²) in [7, 11) is 0. The summed E-state index contributed by atoms with van der Waals surface area (Å²) in [6, 6.07) is 6.76. The average Bonchev–Trinajstić information content (AvgIpc) is 3.20. The molecular weight excluding hydrogens is 388 g/mol. The molecule has 1 fully saturated rings. The molecular formula is C21H30N4O5. The minimum absolute atomic E-state index is 0.243. The lowest BCUT2D eigenvalue weighted by molar-refractivity contribution is -0.150. The van der Waals surface area contributed by atoms with Crippen LogP contribution in [0.1, 0.15) is 32.3 Å². The summed E-state index contributed by atoms with van der Waals surface area (Å²) in [5, 5.41) is 14.4. The quantitative estimate of drug-likeness (QED) is 0.441. The van der Waals surface area contributed by atoms with Crippen molar-refractivity contribution in [3.8, 4) is 0 Å². The number of nitrogens with zero attached hydrogens (tertiary/aromatic N) is 1. The van der Waals surface area contributed by atoms with Crippen LogP contribution in [-0.2, 0) is 25.6 Å². The van der Waals surface area contributed by atoms with Crippen LogP contribution in [-0.4, -0.2) is 64.9 Å². The first kappa shape index (κ1) is 23.3. The lowest BCUT2D eigenvalue weighted by Gasteiger charge is -2.29. The number of aliphatic carboxylic acids is 1. The van der Waals surface area contributed by atoms with Crippen molar-refractivity contribution in [2.24, 2.45) is 11.7 Å². The lowest BCUT2D eigenvalue weighted by Crippen LogP contribution is -2.55. The molecule has 9 heteroatoms. The molecule has 0 spiro atoms. The topological polar surface area (TPSA) is 142 Å². The number of benzene rings is 1. The Balaban J connectivity index is 1.88. The molecule has 30 heavy (non-hydrogen) atoms. The van der Waals surface area contributed by atoms with Gasteiger partial charge in [-0.25, -0.2) is 4.79 Å². The van der Waals surface area contributed by atoms with Gasteiger partial charge in [0.1, 0.15) is 12.1 Å². The SMILES string of the molecule is CC(C)C(NC(=O)CNC(=O)C(N)Cc1ccccc1)C(=O)N1CCCC1C(=O)O. The number of carboxylic acids is 1. The summed E-state index contributed by atoms with van der Waals surface area (Å²) in [4.78, 5) is 50.0. The summed E-state index contributed by atoms with van der Waals surface area (Å²) in [6.45, 7) is 3.56. The number of carbonyl (C=O) groups is 4. The fourth-order valence-corrected chi connectivity index (χ4v) is 3.46. The summed E-state index contributed by atoms with van der Waals surface area (Å²) < 4.78 is 0. The Morgan fingerprint density at radius 1 is 1.20 bits per heavy atom. The van der Waals surface area contributed by atoms with Crippen molar-refractivity contribution in [2.75, 3.05) is 13.1 Å². The number of likely N-dealkylation sites (tertiary alicyclic amines) is 1. The summed E-state index contributed by atoms with van der Waals surface area (Å²) >= 11 is 0. The molecule has 1 aromatic rings. The highest BCUT2D eigenvalue weighted by molar-refractivity contribution is 5.93. The van der Waals surface area contributed by atoms with Gasteiger partial charge in [0.2, 0.25) is 17.7 Å². The van der Waals surface area contributed by atoms with Crippen LogP contribution in [0, 0.1) is 5.92 Å². The van der Waals surface area contributed by atoms with Gasteiger partial charge in [0.25, 0.3) is 0 Å². The Morgan fingerprint density at radius 3 is 2.47 bits per heavy atom. The van der Waals surface area contributed by atoms with Crippen LogP contribution in [0.5, 0.6) is 0 Å². The first-order chi connectivity index (χ1) is 14.2. The molecule has 1 heterocycles. The highest BCUT2D eigenvalue weighted by Crippen LogP contribution is 2.20. The van der Waals surface area contributed by atoms with Gasteiger partial charge in [0.05, 0.1) is 12.6 Å². The fourth-order valence-electron chi connectivity index (χ4n) is 3.46. The number of rotatable bonds is 9. The van der Waals surface area contributed by atoms with E-state index in [1.165, 1.54) is 4.90 Å². The molecule has 1 aliphatic heterocycles. The molecule has 9 nitrogen and oxygen atoms in total. The number of carbonyl (C=O) groups excluding carboxylic acids is 3. The van der Waals surface area contributed by atoms with E-state index in [9.17, 15) is 24.3 Å². The van der Waals surface area contributed by atoms with Crippen LogP contribution < -0.4 is 16.4 Å². The standard InChI is InChI=1S/C21H30N4O5/c1-13(2)18(20(28)25-10-6-9-16(25)21(29)30)24-17(26)12-23-19(27)15(22)11-14-7-4-3-5-8-14/h3-5,7-8,13,15-16,18H,6,9-12,22H2,1-2H3,(H,23,27)(H,24,26)(H,29,30). The number of hydrogen-bond donors (Lipinski definition) is 4.